The molecule has 0 aliphatic carbocycles. The van der Waals surface area contributed by atoms with E-state index < -0.39 is 5.24 Å². The molecule has 0 aliphatic rings. The van der Waals surface area contributed by atoms with Crippen molar-refractivity contribution in [1.29, 1.82) is 0 Å². The van der Waals surface area contributed by atoms with Gasteiger partial charge in [-0.15, -0.1) is 6.42 Å². The summed E-state index contributed by atoms with van der Waals surface area (Å²) in [6, 6.07) is 7.25. The Balaban J connectivity index is 2.99. The maximum Gasteiger partial charge on any atom is 0.226 e. The molecule has 1 rings (SSSR count). The van der Waals surface area contributed by atoms with Crippen LogP contribution in [-0.2, 0) is 11.2 Å². The first-order chi connectivity index (χ1) is 5.74. The van der Waals surface area contributed by atoms with Crippen LogP contribution in [0.2, 0.25) is 0 Å². The Labute approximate surface area is 76.4 Å². The Morgan fingerprint density at radius 3 is 2.75 bits per heavy atom. The lowest BCUT2D eigenvalue weighted by Gasteiger charge is -1.99. The smallest absolute Gasteiger partial charge is 0.226 e. The summed E-state index contributed by atoms with van der Waals surface area (Å²) in [7, 11) is 0. The van der Waals surface area contributed by atoms with Crippen LogP contribution < -0.4 is 0 Å². The van der Waals surface area contributed by atoms with Crippen LogP contribution in [-0.4, -0.2) is 5.24 Å². The summed E-state index contributed by atoms with van der Waals surface area (Å²) in [4.78, 5) is 10.6. The number of carbonyl (C=O) groups is 1. The third-order valence-electron chi connectivity index (χ3n) is 1.50. The third kappa shape index (κ3) is 2.11. The summed E-state index contributed by atoms with van der Waals surface area (Å²) in [6.45, 7) is 0. The number of benzene rings is 1. The van der Waals surface area contributed by atoms with E-state index in [4.69, 9.17) is 18.0 Å². The summed E-state index contributed by atoms with van der Waals surface area (Å²) in [5.74, 6) is 2.49. The lowest BCUT2D eigenvalue weighted by atomic mass is 10.1. The van der Waals surface area contributed by atoms with Gasteiger partial charge in [0.2, 0.25) is 5.24 Å². The second-order valence-corrected chi connectivity index (χ2v) is 2.75. The number of hydrogen-bond acceptors (Lipinski definition) is 1. The average molecular weight is 179 g/mol. The van der Waals surface area contributed by atoms with Crippen LogP contribution >= 0.6 is 11.6 Å². The molecule has 60 valence electrons. The number of carbonyl (C=O) groups excluding carboxylic acids is 1. The van der Waals surface area contributed by atoms with Crippen molar-refractivity contribution in [3.63, 3.8) is 0 Å². The summed E-state index contributed by atoms with van der Waals surface area (Å²) in [5, 5.41) is -0.391. The van der Waals surface area contributed by atoms with E-state index in [9.17, 15) is 4.79 Å². The van der Waals surface area contributed by atoms with E-state index in [2.05, 4.69) is 5.92 Å². The molecule has 0 heterocycles. The molecule has 0 radical (unpaired) electrons. The lowest BCUT2D eigenvalue weighted by Crippen LogP contribution is -1.95. The van der Waals surface area contributed by atoms with Crippen LogP contribution in [0, 0.1) is 12.3 Å². The lowest BCUT2D eigenvalue weighted by molar-refractivity contribution is -0.111. The molecular weight excluding hydrogens is 172 g/mol. The van der Waals surface area contributed by atoms with Crippen LogP contribution in [0.3, 0.4) is 0 Å². The van der Waals surface area contributed by atoms with Crippen molar-refractivity contribution in [1.82, 2.24) is 0 Å². The topological polar surface area (TPSA) is 17.1 Å². The second kappa shape index (κ2) is 3.94. The van der Waals surface area contributed by atoms with Crippen molar-refractivity contribution < 1.29 is 4.79 Å². The monoisotopic (exact) mass is 178 g/mol. The molecule has 0 saturated heterocycles. The molecule has 1 aromatic rings. The maximum absolute atomic E-state index is 10.6. The van der Waals surface area contributed by atoms with Crippen molar-refractivity contribution in [3.8, 4) is 12.3 Å². The van der Waals surface area contributed by atoms with Gasteiger partial charge >= 0.3 is 0 Å². The Hall–Kier alpha value is -1.26. The standard InChI is InChI=1S/C10H7ClO/c1-2-8-5-3-4-6-9(8)7-10(11)12/h1,3-6H,7H2. The summed E-state index contributed by atoms with van der Waals surface area (Å²) < 4.78 is 0. The van der Waals surface area contributed by atoms with Gasteiger partial charge in [0, 0.05) is 12.0 Å². The Morgan fingerprint density at radius 1 is 1.50 bits per heavy atom. The Morgan fingerprint density at radius 2 is 2.17 bits per heavy atom. The van der Waals surface area contributed by atoms with Crippen LogP contribution in [0.15, 0.2) is 24.3 Å². The predicted octanol–water partition coefficient (Wildman–Crippen LogP) is 1.98. The van der Waals surface area contributed by atoms with Crippen molar-refractivity contribution in [2.45, 2.75) is 6.42 Å². The highest BCUT2D eigenvalue weighted by Gasteiger charge is 2.02. The second-order valence-electron chi connectivity index (χ2n) is 2.33. The van der Waals surface area contributed by atoms with Gasteiger partial charge in [-0.3, -0.25) is 4.79 Å². The van der Waals surface area contributed by atoms with E-state index in [1.54, 1.807) is 12.1 Å². The molecule has 0 atom stereocenters. The minimum Gasteiger partial charge on any atom is -0.281 e. The van der Waals surface area contributed by atoms with Crippen molar-refractivity contribution in [3.05, 3.63) is 35.4 Å². The van der Waals surface area contributed by atoms with Crippen LogP contribution in [0.4, 0.5) is 0 Å². The van der Waals surface area contributed by atoms with Gasteiger partial charge in [-0.05, 0) is 23.2 Å². The van der Waals surface area contributed by atoms with Crippen LogP contribution in [0.25, 0.3) is 0 Å². The first-order valence-electron chi connectivity index (χ1n) is 3.47. The molecule has 0 unspecified atom stereocenters. The van der Waals surface area contributed by atoms with Gasteiger partial charge in [-0.1, -0.05) is 24.1 Å². The first-order valence-corrected chi connectivity index (χ1v) is 3.84. The molecular formula is C10H7ClO. The molecule has 0 N–H and O–H groups in total. The molecule has 0 bridgehead atoms. The molecule has 1 aromatic carbocycles. The molecule has 2 heteroatoms. The van der Waals surface area contributed by atoms with Gasteiger partial charge in [0.15, 0.2) is 0 Å². The molecule has 0 aliphatic heterocycles. The number of hydrogen-bond donors (Lipinski definition) is 0. The number of halogens is 1. The quantitative estimate of drug-likeness (QED) is 0.500. The van der Waals surface area contributed by atoms with E-state index in [-0.39, 0.29) is 6.42 Å². The fourth-order valence-corrected chi connectivity index (χ4v) is 1.11. The fourth-order valence-electron chi connectivity index (χ4n) is 0.965. The van der Waals surface area contributed by atoms with E-state index >= 15 is 0 Å². The van der Waals surface area contributed by atoms with Gasteiger partial charge in [-0.2, -0.15) is 0 Å². The zero-order valence-corrected chi connectivity index (χ0v) is 7.14. The SMILES string of the molecule is C#Cc1ccccc1CC(=O)Cl. The van der Waals surface area contributed by atoms with Crippen molar-refractivity contribution in [2.75, 3.05) is 0 Å². The largest absolute Gasteiger partial charge is 0.281 e. The van der Waals surface area contributed by atoms with Crippen molar-refractivity contribution in [2.24, 2.45) is 0 Å². The zero-order valence-electron chi connectivity index (χ0n) is 6.38. The van der Waals surface area contributed by atoms with E-state index in [0.717, 1.165) is 11.1 Å². The zero-order chi connectivity index (χ0) is 8.97. The van der Waals surface area contributed by atoms with Gasteiger partial charge in [0.05, 0.1) is 0 Å². The molecule has 1 nitrogen and oxygen atoms in total. The normalized spacial score (nSPS) is 9.00. The summed E-state index contributed by atoms with van der Waals surface area (Å²) >= 11 is 5.23. The highest BCUT2D eigenvalue weighted by atomic mass is 35.5. The van der Waals surface area contributed by atoms with Gasteiger partial charge in [0.1, 0.15) is 0 Å². The van der Waals surface area contributed by atoms with Gasteiger partial charge in [0.25, 0.3) is 0 Å². The highest BCUT2D eigenvalue weighted by molar-refractivity contribution is 6.63. The fraction of sp³-hybridized carbons (Fsp3) is 0.100. The molecule has 12 heavy (non-hydrogen) atoms. The number of rotatable bonds is 2. The van der Waals surface area contributed by atoms with Crippen LogP contribution in [0.5, 0.6) is 0 Å². The Kier molecular flexibility index (Phi) is 2.90. The summed E-state index contributed by atoms with van der Waals surface area (Å²) in [6.07, 6.45) is 5.42. The highest BCUT2D eigenvalue weighted by Crippen LogP contribution is 2.08. The van der Waals surface area contributed by atoms with E-state index in [0.29, 0.717) is 0 Å². The van der Waals surface area contributed by atoms with Crippen LogP contribution in [0.1, 0.15) is 11.1 Å². The summed E-state index contributed by atoms with van der Waals surface area (Å²) in [5.41, 5.74) is 1.53. The van der Waals surface area contributed by atoms with Gasteiger partial charge in [-0.25, -0.2) is 0 Å². The molecule has 0 spiro atoms. The number of terminal acetylenes is 1. The van der Waals surface area contributed by atoms with Gasteiger partial charge < -0.3 is 0 Å². The maximum atomic E-state index is 10.6. The first kappa shape index (κ1) is 8.83. The van der Waals surface area contributed by atoms with E-state index in [1.807, 2.05) is 12.1 Å². The predicted molar refractivity (Wildman–Crippen MR) is 48.9 cm³/mol. The molecule has 0 amide bonds. The minimum absolute atomic E-state index is 0.196. The van der Waals surface area contributed by atoms with E-state index in [1.165, 1.54) is 0 Å². The minimum atomic E-state index is -0.391. The molecule has 0 aromatic heterocycles. The molecule has 0 saturated carbocycles. The van der Waals surface area contributed by atoms with Crippen molar-refractivity contribution >= 4 is 16.8 Å². The average Bonchev–Trinajstić information content (AvgIpc) is 2.04. The molecule has 0 fully saturated rings. The third-order valence-corrected chi connectivity index (χ3v) is 1.64. The Bertz CT molecular complexity index is 336.